The third kappa shape index (κ3) is 6.46. The Balaban J connectivity index is 1.17. The summed E-state index contributed by atoms with van der Waals surface area (Å²) in [5, 5.41) is 25.6. The van der Waals surface area contributed by atoms with E-state index in [-0.39, 0.29) is 49.6 Å². The lowest BCUT2D eigenvalue weighted by Crippen LogP contribution is -2.50. The first kappa shape index (κ1) is 27.7. The molecule has 1 aliphatic heterocycles. The number of aliphatic hydroxyl groups excluding tert-OH is 1. The van der Waals surface area contributed by atoms with Crippen LogP contribution in [0, 0.1) is 11.2 Å². The number of nitrogens with zero attached hydrogens (tertiary/aromatic N) is 6. The summed E-state index contributed by atoms with van der Waals surface area (Å²) >= 11 is 0. The van der Waals surface area contributed by atoms with Crippen molar-refractivity contribution in [2.24, 2.45) is 5.41 Å². The molecule has 2 N–H and O–H groups in total. The van der Waals surface area contributed by atoms with Crippen LogP contribution in [0.3, 0.4) is 0 Å². The third-order valence-corrected chi connectivity index (χ3v) is 7.04. The Hall–Kier alpha value is -3.87. The largest absolute Gasteiger partial charge is 0.484 e. The fourth-order valence-corrected chi connectivity index (χ4v) is 4.87. The number of rotatable bonds is 10. The number of carbonyl (C=O) groups is 2. The topological polar surface area (TPSA) is 148 Å². The summed E-state index contributed by atoms with van der Waals surface area (Å²) in [7, 11) is 0. The Morgan fingerprint density at radius 3 is 2.70 bits per heavy atom. The second kappa shape index (κ2) is 11.3. The fourth-order valence-electron chi connectivity index (χ4n) is 4.87. The Kier molecular flexibility index (Phi) is 7.83. The molecule has 3 heterocycles. The predicted octanol–water partition coefficient (Wildman–Crippen LogP) is 2.16. The second-order valence-electron chi connectivity index (χ2n) is 11.5. The van der Waals surface area contributed by atoms with Crippen molar-refractivity contribution in [1.29, 1.82) is 0 Å². The van der Waals surface area contributed by atoms with Gasteiger partial charge in [-0.2, -0.15) is 4.98 Å². The number of β-amino-alcohol motifs (C(OH)–C–C–N with tert-alkyl or cyclic N) is 1. The van der Waals surface area contributed by atoms with E-state index in [4.69, 9.17) is 9.26 Å². The molecule has 0 radical (unpaired) electrons. The van der Waals surface area contributed by atoms with Gasteiger partial charge in [0.05, 0.1) is 11.8 Å². The molecule has 3 aromatic rings. The van der Waals surface area contributed by atoms with E-state index in [9.17, 15) is 19.1 Å². The van der Waals surface area contributed by atoms with Gasteiger partial charge in [0.2, 0.25) is 11.8 Å². The Morgan fingerprint density at radius 2 is 2.00 bits per heavy atom. The fraction of sp³-hybridized carbons (Fsp3) is 0.556. The lowest BCUT2D eigenvalue weighted by molar-refractivity contribution is -0.144. The molecule has 214 valence electrons. The molecular formula is C27H34FN7O5. The number of amides is 2. The van der Waals surface area contributed by atoms with Gasteiger partial charge >= 0.3 is 0 Å². The average Bonchev–Trinajstić information content (AvgIpc) is 3.27. The van der Waals surface area contributed by atoms with E-state index in [0.29, 0.717) is 23.9 Å². The number of ether oxygens (including phenoxy) is 1. The first-order valence-corrected chi connectivity index (χ1v) is 13.5. The van der Waals surface area contributed by atoms with Gasteiger partial charge in [0.1, 0.15) is 23.7 Å². The number of hydrogen-bond acceptors (Lipinski definition) is 9. The van der Waals surface area contributed by atoms with Crippen molar-refractivity contribution >= 4 is 11.8 Å². The molecule has 0 spiro atoms. The van der Waals surface area contributed by atoms with Crippen molar-refractivity contribution in [3.63, 3.8) is 0 Å². The van der Waals surface area contributed by atoms with Gasteiger partial charge in [-0.05, 0) is 42.5 Å². The van der Waals surface area contributed by atoms with Gasteiger partial charge in [-0.15, -0.1) is 5.10 Å². The monoisotopic (exact) mass is 555 g/mol. The van der Waals surface area contributed by atoms with Crippen LogP contribution in [0.4, 0.5) is 4.39 Å². The van der Waals surface area contributed by atoms with Gasteiger partial charge in [0.25, 0.3) is 5.89 Å². The number of benzene rings is 1. The maximum absolute atomic E-state index is 13.8. The average molecular weight is 556 g/mol. The summed E-state index contributed by atoms with van der Waals surface area (Å²) in [4.78, 5) is 32.6. The zero-order valence-electron chi connectivity index (χ0n) is 22.8. The zero-order chi connectivity index (χ0) is 28.4. The molecule has 1 saturated heterocycles. The van der Waals surface area contributed by atoms with Crippen LogP contribution >= 0.6 is 0 Å². The molecule has 1 saturated carbocycles. The molecule has 40 heavy (non-hydrogen) atoms. The number of carbonyl (C=O) groups excluding carboxylic acids is 2. The third-order valence-electron chi connectivity index (χ3n) is 7.04. The van der Waals surface area contributed by atoms with Gasteiger partial charge in [-0.1, -0.05) is 31.1 Å². The highest BCUT2D eigenvalue weighted by Gasteiger charge is 2.45. The van der Waals surface area contributed by atoms with Crippen LogP contribution in [0.2, 0.25) is 0 Å². The number of likely N-dealkylation sites (tertiary alicyclic amines) is 1. The number of halogens is 1. The molecule has 13 heteroatoms. The van der Waals surface area contributed by atoms with E-state index in [1.54, 1.807) is 4.68 Å². The summed E-state index contributed by atoms with van der Waals surface area (Å²) in [5.74, 6) is 0.482. The number of aliphatic hydroxyl groups is 1. The first-order chi connectivity index (χ1) is 19.1. The first-order valence-electron chi connectivity index (χ1n) is 13.5. The summed E-state index contributed by atoms with van der Waals surface area (Å²) in [6, 6.07) is 4.08. The van der Waals surface area contributed by atoms with E-state index in [1.165, 1.54) is 29.2 Å². The minimum Gasteiger partial charge on any atom is -0.484 e. The summed E-state index contributed by atoms with van der Waals surface area (Å²) < 4.78 is 25.3. The van der Waals surface area contributed by atoms with Crippen LogP contribution in [0.15, 0.2) is 35.0 Å². The lowest BCUT2D eigenvalue weighted by Gasteiger charge is -2.34. The standard InChI is InChI=1S/C27H34FN7O5/c1-27(2,3)24(35-14-20(31-33-35)16-4-5-16)26(38)34-13-18(36)12-21(34)25(37)29-11-10-22-30-23(40-32-22)15-39-19-8-6-17(28)7-9-19/h6-9,14,16,18,21,24,36H,4-5,10-13,15H2,1-3H3,(H,29,37)/t18?,21?,24-/m1/s1. The normalized spacial score (nSPS) is 20.0. The molecule has 3 atom stereocenters. The van der Waals surface area contributed by atoms with Crippen LogP contribution in [-0.4, -0.2) is 72.2 Å². The van der Waals surface area contributed by atoms with Gasteiger partial charge < -0.3 is 24.6 Å². The van der Waals surface area contributed by atoms with Crippen LogP contribution in [0.1, 0.15) is 69.4 Å². The zero-order valence-corrected chi connectivity index (χ0v) is 22.8. The minimum absolute atomic E-state index is 0.0187. The second-order valence-corrected chi connectivity index (χ2v) is 11.5. The van der Waals surface area contributed by atoms with Crippen LogP contribution < -0.4 is 10.1 Å². The van der Waals surface area contributed by atoms with Crippen molar-refractivity contribution in [2.75, 3.05) is 13.1 Å². The van der Waals surface area contributed by atoms with Gasteiger partial charge in [0.15, 0.2) is 12.4 Å². The van der Waals surface area contributed by atoms with Gasteiger partial charge in [-0.25, -0.2) is 9.07 Å². The van der Waals surface area contributed by atoms with E-state index in [2.05, 4.69) is 25.8 Å². The van der Waals surface area contributed by atoms with E-state index in [0.717, 1.165) is 18.5 Å². The molecule has 1 aromatic carbocycles. The van der Waals surface area contributed by atoms with Crippen molar-refractivity contribution in [3.8, 4) is 5.75 Å². The molecule has 2 unspecified atom stereocenters. The molecule has 12 nitrogen and oxygen atoms in total. The SMILES string of the molecule is CC(C)(C)[C@@H](C(=O)N1CC(O)CC1C(=O)NCCc1noc(COc2ccc(F)cc2)n1)n1cc(C2CC2)nn1. The Labute approximate surface area is 230 Å². The van der Waals surface area contributed by atoms with E-state index < -0.39 is 23.6 Å². The minimum atomic E-state index is -0.816. The number of aromatic nitrogens is 5. The molecule has 2 fully saturated rings. The van der Waals surface area contributed by atoms with Crippen LogP contribution in [-0.2, 0) is 22.6 Å². The smallest absolute Gasteiger partial charge is 0.264 e. The maximum atomic E-state index is 13.8. The molecule has 0 bridgehead atoms. The maximum Gasteiger partial charge on any atom is 0.264 e. The highest BCUT2D eigenvalue weighted by Crippen LogP contribution is 2.40. The Morgan fingerprint density at radius 1 is 1.25 bits per heavy atom. The Bertz CT molecular complexity index is 1330. The summed E-state index contributed by atoms with van der Waals surface area (Å²) in [6.45, 7) is 6.13. The molecule has 2 amide bonds. The van der Waals surface area contributed by atoms with Crippen LogP contribution in [0.25, 0.3) is 0 Å². The highest BCUT2D eigenvalue weighted by molar-refractivity contribution is 5.90. The molecular weight excluding hydrogens is 521 g/mol. The number of hydrogen-bond donors (Lipinski definition) is 2. The molecule has 2 aliphatic rings. The van der Waals surface area contributed by atoms with E-state index >= 15 is 0 Å². The highest BCUT2D eigenvalue weighted by atomic mass is 19.1. The van der Waals surface area contributed by atoms with Gasteiger partial charge in [-0.3, -0.25) is 9.59 Å². The van der Waals surface area contributed by atoms with Crippen molar-refractivity contribution in [1.82, 2.24) is 35.4 Å². The van der Waals surface area contributed by atoms with Crippen molar-refractivity contribution in [2.45, 2.75) is 77.2 Å². The molecule has 2 aromatic heterocycles. The molecule has 1 aliphatic carbocycles. The van der Waals surface area contributed by atoms with Crippen molar-refractivity contribution in [3.05, 3.63) is 53.7 Å². The summed E-state index contributed by atoms with van der Waals surface area (Å²) in [5.41, 5.74) is 0.376. The van der Waals surface area contributed by atoms with Gasteiger partial charge in [0, 0.05) is 38.0 Å². The predicted molar refractivity (Wildman–Crippen MR) is 138 cm³/mol. The quantitative estimate of drug-likeness (QED) is 0.384. The van der Waals surface area contributed by atoms with E-state index in [1.807, 2.05) is 27.0 Å². The van der Waals surface area contributed by atoms with Crippen molar-refractivity contribution < 1.29 is 28.3 Å². The number of nitrogens with one attached hydrogen (secondary N) is 1. The molecule has 5 rings (SSSR count). The summed E-state index contributed by atoms with van der Waals surface area (Å²) in [6.07, 6.45) is 3.61. The van der Waals surface area contributed by atoms with Crippen LogP contribution in [0.5, 0.6) is 5.75 Å². The lowest BCUT2D eigenvalue weighted by atomic mass is 9.85.